The van der Waals surface area contributed by atoms with E-state index in [1.54, 1.807) is 6.92 Å². The molecule has 0 radical (unpaired) electrons. The molecule has 2 rings (SSSR count). The van der Waals surface area contributed by atoms with Crippen LogP contribution in [0.4, 0.5) is 0 Å². The van der Waals surface area contributed by atoms with Crippen LogP contribution >= 0.6 is 11.6 Å². The van der Waals surface area contributed by atoms with Crippen LogP contribution in [0.2, 0.25) is 5.02 Å². The first-order valence-electron chi connectivity index (χ1n) is 7.93. The van der Waals surface area contributed by atoms with Crippen LogP contribution in [0.1, 0.15) is 19.8 Å². The van der Waals surface area contributed by atoms with Crippen LogP contribution in [0, 0.1) is 5.92 Å². The van der Waals surface area contributed by atoms with Gasteiger partial charge in [0.2, 0.25) is 5.91 Å². The van der Waals surface area contributed by atoms with Crippen molar-refractivity contribution in [2.75, 3.05) is 26.9 Å². The summed E-state index contributed by atoms with van der Waals surface area (Å²) >= 11 is 5.93. The largest absolute Gasteiger partial charge is 0.487 e. The van der Waals surface area contributed by atoms with Crippen molar-refractivity contribution in [3.8, 4) is 5.75 Å². The van der Waals surface area contributed by atoms with Gasteiger partial charge in [0.15, 0.2) is 0 Å². The van der Waals surface area contributed by atoms with Crippen molar-refractivity contribution in [2.45, 2.75) is 30.8 Å². The minimum absolute atomic E-state index is 0.106. The molecule has 0 saturated carbocycles. The van der Waals surface area contributed by atoms with E-state index in [1.165, 1.54) is 25.3 Å². The highest BCUT2D eigenvalue weighted by atomic mass is 35.5. The first kappa shape index (κ1) is 20.0. The summed E-state index contributed by atoms with van der Waals surface area (Å²) in [7, 11) is -2.61. The number of ether oxygens (including phenoxy) is 3. The van der Waals surface area contributed by atoms with Gasteiger partial charge in [-0.2, -0.15) is 0 Å². The molecule has 1 aliphatic heterocycles. The van der Waals surface area contributed by atoms with E-state index in [9.17, 15) is 13.2 Å². The summed E-state index contributed by atoms with van der Waals surface area (Å²) in [4.78, 5) is 12.1. The van der Waals surface area contributed by atoms with E-state index in [4.69, 9.17) is 25.8 Å². The average Bonchev–Trinajstić information content (AvgIpc) is 2.57. The maximum absolute atomic E-state index is 12.7. The Kier molecular flexibility index (Phi) is 7.06. The molecule has 1 N–H and O–H groups in total. The molecule has 1 amide bonds. The number of sulfonamides is 1. The Morgan fingerprint density at radius 3 is 2.88 bits per heavy atom. The summed E-state index contributed by atoms with van der Waals surface area (Å²) in [6, 6.07) is 4.23. The van der Waals surface area contributed by atoms with Gasteiger partial charge in [0, 0.05) is 18.7 Å². The van der Waals surface area contributed by atoms with Gasteiger partial charge in [0.05, 0.1) is 19.1 Å². The molecule has 0 spiro atoms. The van der Waals surface area contributed by atoms with Crippen LogP contribution in [0.3, 0.4) is 0 Å². The van der Waals surface area contributed by atoms with Crippen molar-refractivity contribution in [3.05, 3.63) is 23.2 Å². The summed E-state index contributed by atoms with van der Waals surface area (Å²) in [6.07, 6.45) is 0.936. The second-order valence-electron chi connectivity index (χ2n) is 5.86. The van der Waals surface area contributed by atoms with Gasteiger partial charge in [-0.15, -0.1) is 0 Å². The summed E-state index contributed by atoms with van der Waals surface area (Å²) < 4.78 is 43.2. The molecule has 9 heteroatoms. The van der Waals surface area contributed by atoms with Crippen molar-refractivity contribution in [1.29, 1.82) is 0 Å². The number of hydrogen-bond donors (Lipinski definition) is 1. The minimum Gasteiger partial charge on any atom is -0.487 e. The van der Waals surface area contributed by atoms with Gasteiger partial charge in [-0.05, 0) is 38.0 Å². The quantitative estimate of drug-likeness (QED) is 0.764. The Bertz CT molecular complexity index is 703. The fourth-order valence-electron chi connectivity index (χ4n) is 2.49. The van der Waals surface area contributed by atoms with Gasteiger partial charge in [0.25, 0.3) is 10.0 Å². The third kappa shape index (κ3) is 5.57. The smallest absolute Gasteiger partial charge is 0.267 e. The zero-order chi connectivity index (χ0) is 18.4. The number of methoxy groups -OCH3 is 1. The number of benzene rings is 1. The molecule has 2 atom stereocenters. The lowest BCUT2D eigenvalue weighted by Crippen LogP contribution is -2.39. The maximum atomic E-state index is 12.7. The van der Waals surface area contributed by atoms with Crippen LogP contribution in [-0.2, 0) is 24.3 Å². The Balaban J connectivity index is 2.21. The number of rotatable bonds is 7. The lowest BCUT2D eigenvalue weighted by atomic mass is 10.0. The second kappa shape index (κ2) is 8.84. The third-order valence-corrected chi connectivity index (χ3v) is 5.29. The fraction of sp³-hybridized carbons (Fsp3) is 0.562. The van der Waals surface area contributed by atoms with E-state index >= 15 is 0 Å². The molecule has 0 bridgehead atoms. The van der Waals surface area contributed by atoms with Crippen molar-refractivity contribution in [1.82, 2.24) is 4.72 Å². The number of hydrogen-bond acceptors (Lipinski definition) is 6. The molecule has 0 aliphatic carbocycles. The third-order valence-electron chi connectivity index (χ3n) is 3.69. The van der Waals surface area contributed by atoms with Gasteiger partial charge in [-0.3, -0.25) is 4.79 Å². The highest BCUT2D eigenvalue weighted by molar-refractivity contribution is 7.90. The average molecular weight is 392 g/mol. The second-order valence-corrected chi connectivity index (χ2v) is 7.95. The van der Waals surface area contributed by atoms with Gasteiger partial charge >= 0.3 is 0 Å². The first-order valence-corrected chi connectivity index (χ1v) is 9.79. The van der Waals surface area contributed by atoms with E-state index in [0.717, 1.165) is 6.42 Å². The predicted molar refractivity (Wildman–Crippen MR) is 92.3 cm³/mol. The molecule has 1 heterocycles. The molecular weight excluding hydrogens is 370 g/mol. The number of carbonyl (C=O) groups excluding carboxylic acids is 1. The molecule has 7 nitrogen and oxygen atoms in total. The minimum atomic E-state index is -4.13. The van der Waals surface area contributed by atoms with E-state index in [-0.39, 0.29) is 35.0 Å². The molecule has 1 fully saturated rings. The molecule has 2 unspecified atom stereocenters. The molecule has 0 aromatic heterocycles. The topological polar surface area (TPSA) is 90.9 Å². The van der Waals surface area contributed by atoms with E-state index < -0.39 is 21.8 Å². The van der Waals surface area contributed by atoms with E-state index in [1.807, 2.05) is 0 Å². The van der Waals surface area contributed by atoms with Crippen molar-refractivity contribution in [3.63, 3.8) is 0 Å². The maximum Gasteiger partial charge on any atom is 0.267 e. The van der Waals surface area contributed by atoms with Crippen LogP contribution in [0.5, 0.6) is 5.75 Å². The monoisotopic (exact) mass is 391 g/mol. The number of nitrogens with one attached hydrogen (secondary N) is 1. The number of carbonyl (C=O) groups is 1. The Morgan fingerprint density at radius 2 is 2.24 bits per heavy atom. The molecule has 140 valence electrons. The Hall–Kier alpha value is -1.35. The summed E-state index contributed by atoms with van der Waals surface area (Å²) in [5, 5.41) is 0.223. The summed E-state index contributed by atoms with van der Waals surface area (Å²) in [5.41, 5.74) is 0. The molecule has 1 aromatic carbocycles. The predicted octanol–water partition coefficient (Wildman–Crippen LogP) is 1.99. The van der Waals surface area contributed by atoms with Crippen molar-refractivity contribution in [2.24, 2.45) is 5.92 Å². The van der Waals surface area contributed by atoms with Gasteiger partial charge in [-0.1, -0.05) is 11.6 Å². The number of halogens is 1. The molecule has 1 saturated heterocycles. The zero-order valence-electron chi connectivity index (χ0n) is 14.2. The molecule has 25 heavy (non-hydrogen) atoms. The van der Waals surface area contributed by atoms with E-state index in [0.29, 0.717) is 13.0 Å². The Morgan fingerprint density at radius 1 is 1.48 bits per heavy atom. The Labute approximate surface area is 152 Å². The van der Waals surface area contributed by atoms with E-state index in [2.05, 4.69) is 4.72 Å². The van der Waals surface area contributed by atoms with Crippen LogP contribution in [0.15, 0.2) is 23.1 Å². The SMILES string of the molecule is COCC(C)Oc1ccc(Cl)cc1S(=O)(=O)NC(=O)C1CCCOC1. The summed E-state index contributed by atoms with van der Waals surface area (Å²) in [6.45, 7) is 2.83. The summed E-state index contributed by atoms with van der Waals surface area (Å²) in [5.74, 6) is -0.968. The van der Waals surface area contributed by atoms with Gasteiger partial charge < -0.3 is 14.2 Å². The lowest BCUT2D eigenvalue weighted by Gasteiger charge is -2.22. The van der Waals surface area contributed by atoms with Gasteiger partial charge in [0.1, 0.15) is 16.7 Å². The number of amides is 1. The van der Waals surface area contributed by atoms with Crippen LogP contribution < -0.4 is 9.46 Å². The van der Waals surface area contributed by atoms with Gasteiger partial charge in [-0.25, -0.2) is 13.1 Å². The fourth-order valence-corrected chi connectivity index (χ4v) is 3.93. The highest BCUT2D eigenvalue weighted by Crippen LogP contribution is 2.28. The molecule has 1 aromatic rings. The standard InChI is InChI=1S/C16H22ClNO6S/c1-11(9-22-2)24-14-6-5-13(17)8-15(14)25(20,21)18-16(19)12-4-3-7-23-10-12/h5-6,8,11-12H,3-4,7,9-10H2,1-2H3,(H,18,19). The van der Waals surface area contributed by atoms with Crippen molar-refractivity contribution >= 4 is 27.5 Å². The zero-order valence-corrected chi connectivity index (χ0v) is 15.7. The highest BCUT2D eigenvalue weighted by Gasteiger charge is 2.29. The van der Waals surface area contributed by atoms with Crippen LogP contribution in [0.25, 0.3) is 0 Å². The van der Waals surface area contributed by atoms with Crippen LogP contribution in [-0.4, -0.2) is 47.4 Å². The normalized spacial score (nSPS) is 19.2. The first-order chi connectivity index (χ1) is 11.8. The van der Waals surface area contributed by atoms with Crippen molar-refractivity contribution < 1.29 is 27.4 Å². The lowest BCUT2D eigenvalue weighted by molar-refractivity contribution is -0.127. The molecular formula is C16H22ClNO6S. The molecule has 1 aliphatic rings.